The molecule has 0 bridgehead atoms. The summed E-state index contributed by atoms with van der Waals surface area (Å²) in [5.41, 5.74) is 6.05. The van der Waals surface area contributed by atoms with Crippen LogP contribution in [0.5, 0.6) is 0 Å². The number of carbonyl (C=O) groups is 2. The lowest BCUT2D eigenvalue weighted by Crippen LogP contribution is -2.25. The number of primary amides is 1. The van der Waals surface area contributed by atoms with E-state index >= 15 is 0 Å². The monoisotopic (exact) mass is 218 g/mol. The second-order valence-corrected chi connectivity index (χ2v) is 3.42. The van der Waals surface area contributed by atoms with Gasteiger partial charge in [-0.1, -0.05) is 18.2 Å². The Hall–Kier alpha value is -2.10. The molecule has 2 N–H and O–H groups in total. The molecule has 0 atom stereocenters. The van der Waals surface area contributed by atoms with Gasteiger partial charge in [-0.3, -0.25) is 9.59 Å². The Bertz CT molecular complexity index is 424. The Morgan fingerprint density at radius 1 is 1.25 bits per heavy atom. The average molecular weight is 218 g/mol. The molecule has 0 saturated carbocycles. The average Bonchev–Trinajstić information content (AvgIpc) is 2.28. The van der Waals surface area contributed by atoms with Crippen molar-refractivity contribution < 1.29 is 9.59 Å². The van der Waals surface area contributed by atoms with Crippen LogP contribution in [0.3, 0.4) is 0 Å². The third-order valence-electron chi connectivity index (χ3n) is 2.20. The largest absolute Gasteiger partial charge is 0.366 e. The normalized spacial score (nSPS) is 11.0. The van der Waals surface area contributed by atoms with E-state index in [9.17, 15) is 9.59 Å². The minimum Gasteiger partial charge on any atom is -0.366 e. The topological polar surface area (TPSA) is 63.4 Å². The first-order valence-electron chi connectivity index (χ1n) is 4.83. The van der Waals surface area contributed by atoms with Crippen LogP contribution in [-0.4, -0.2) is 18.9 Å². The van der Waals surface area contributed by atoms with Crippen molar-refractivity contribution >= 4 is 17.5 Å². The highest BCUT2D eigenvalue weighted by molar-refractivity contribution is 6.06. The van der Waals surface area contributed by atoms with E-state index < -0.39 is 5.91 Å². The lowest BCUT2D eigenvalue weighted by atomic mass is 10.2. The molecule has 16 heavy (non-hydrogen) atoms. The fourth-order valence-corrected chi connectivity index (χ4v) is 1.13. The standard InChI is InChI=1S/C12H14N2O2/c1-9(12(13)16)8-11(15)14(2)10-6-4-3-5-7-10/h3-8H,1-2H3,(H2,13,16)/b9-8+. The minimum absolute atomic E-state index is 0.243. The molecule has 4 nitrogen and oxygen atoms in total. The van der Waals surface area contributed by atoms with Crippen LogP contribution in [0.4, 0.5) is 5.69 Å². The van der Waals surface area contributed by atoms with Gasteiger partial charge in [0.1, 0.15) is 0 Å². The number of anilines is 1. The first-order valence-corrected chi connectivity index (χ1v) is 4.83. The van der Waals surface area contributed by atoms with Gasteiger partial charge in [0.2, 0.25) is 5.91 Å². The quantitative estimate of drug-likeness (QED) is 0.771. The number of rotatable bonds is 3. The van der Waals surface area contributed by atoms with Crippen LogP contribution in [-0.2, 0) is 9.59 Å². The molecule has 0 aliphatic heterocycles. The molecule has 1 aromatic rings. The number of nitrogens with two attached hydrogens (primary N) is 1. The lowest BCUT2D eigenvalue weighted by Gasteiger charge is -2.15. The van der Waals surface area contributed by atoms with Crippen LogP contribution < -0.4 is 10.6 Å². The maximum Gasteiger partial charge on any atom is 0.251 e. The number of hydrogen-bond donors (Lipinski definition) is 1. The predicted octanol–water partition coefficient (Wildman–Crippen LogP) is 1.08. The van der Waals surface area contributed by atoms with E-state index in [2.05, 4.69) is 0 Å². The molecule has 1 aromatic carbocycles. The second-order valence-electron chi connectivity index (χ2n) is 3.42. The minimum atomic E-state index is -0.588. The molecular weight excluding hydrogens is 204 g/mol. The van der Waals surface area contributed by atoms with Crippen LogP contribution in [0.1, 0.15) is 6.92 Å². The van der Waals surface area contributed by atoms with E-state index in [-0.39, 0.29) is 11.5 Å². The molecule has 1 rings (SSSR count). The molecule has 0 radical (unpaired) electrons. The summed E-state index contributed by atoms with van der Waals surface area (Å²) in [5, 5.41) is 0. The number of carbonyl (C=O) groups excluding carboxylic acids is 2. The molecule has 0 aliphatic carbocycles. The lowest BCUT2D eigenvalue weighted by molar-refractivity contribution is -0.116. The van der Waals surface area contributed by atoms with Crippen LogP contribution in [0.15, 0.2) is 42.0 Å². The predicted molar refractivity (Wildman–Crippen MR) is 62.8 cm³/mol. The zero-order chi connectivity index (χ0) is 12.1. The van der Waals surface area contributed by atoms with Gasteiger partial charge < -0.3 is 10.6 Å². The number of hydrogen-bond acceptors (Lipinski definition) is 2. The van der Waals surface area contributed by atoms with Crippen LogP contribution >= 0.6 is 0 Å². The van der Waals surface area contributed by atoms with E-state index in [0.717, 1.165) is 5.69 Å². The number of likely N-dealkylation sites (N-methyl/N-ethyl adjacent to an activating group) is 1. The summed E-state index contributed by atoms with van der Waals surface area (Å²) in [6.07, 6.45) is 1.23. The summed E-state index contributed by atoms with van der Waals surface area (Å²) in [6, 6.07) is 9.16. The number of benzene rings is 1. The summed E-state index contributed by atoms with van der Waals surface area (Å²) in [5.74, 6) is -0.864. The Morgan fingerprint density at radius 3 is 2.31 bits per heavy atom. The Kier molecular flexibility index (Phi) is 3.83. The highest BCUT2D eigenvalue weighted by Crippen LogP contribution is 2.11. The molecule has 0 heterocycles. The molecule has 0 unspecified atom stereocenters. The molecule has 4 heteroatoms. The summed E-state index contributed by atoms with van der Waals surface area (Å²) >= 11 is 0. The molecule has 0 aliphatic rings. The second kappa shape index (κ2) is 5.11. The van der Waals surface area contributed by atoms with Crippen molar-refractivity contribution in [2.45, 2.75) is 6.92 Å². The number of para-hydroxylation sites is 1. The first kappa shape index (κ1) is 12.0. The third-order valence-corrected chi connectivity index (χ3v) is 2.20. The molecular formula is C12H14N2O2. The Labute approximate surface area is 94.4 Å². The van der Waals surface area contributed by atoms with Crippen LogP contribution in [0.25, 0.3) is 0 Å². The molecule has 0 aromatic heterocycles. The Balaban J connectivity index is 2.84. The summed E-state index contributed by atoms with van der Waals surface area (Å²) in [4.78, 5) is 23.9. The molecule has 2 amide bonds. The van der Waals surface area contributed by atoms with Crippen molar-refractivity contribution in [3.8, 4) is 0 Å². The van der Waals surface area contributed by atoms with Crippen molar-refractivity contribution in [2.75, 3.05) is 11.9 Å². The molecule has 84 valence electrons. The maximum absolute atomic E-state index is 11.7. The molecule has 0 saturated heterocycles. The summed E-state index contributed by atoms with van der Waals surface area (Å²) in [6.45, 7) is 1.51. The van der Waals surface area contributed by atoms with Gasteiger partial charge in [-0.15, -0.1) is 0 Å². The highest BCUT2D eigenvalue weighted by atomic mass is 16.2. The SMILES string of the molecule is C/C(=C\C(=O)N(C)c1ccccc1)C(N)=O. The van der Waals surface area contributed by atoms with Gasteiger partial charge in [-0.05, 0) is 19.1 Å². The van der Waals surface area contributed by atoms with Crippen molar-refractivity contribution in [2.24, 2.45) is 5.73 Å². The fourth-order valence-electron chi connectivity index (χ4n) is 1.13. The first-order chi connectivity index (χ1) is 7.52. The van der Waals surface area contributed by atoms with E-state index in [1.807, 2.05) is 30.3 Å². The van der Waals surface area contributed by atoms with E-state index in [1.54, 1.807) is 7.05 Å². The smallest absolute Gasteiger partial charge is 0.251 e. The third kappa shape index (κ3) is 2.95. The van der Waals surface area contributed by atoms with E-state index in [0.29, 0.717) is 0 Å². The van der Waals surface area contributed by atoms with Gasteiger partial charge in [0, 0.05) is 24.4 Å². The van der Waals surface area contributed by atoms with Gasteiger partial charge >= 0.3 is 0 Å². The van der Waals surface area contributed by atoms with Crippen LogP contribution in [0, 0.1) is 0 Å². The summed E-state index contributed by atoms with van der Waals surface area (Å²) in [7, 11) is 1.64. The molecule has 0 fully saturated rings. The van der Waals surface area contributed by atoms with Gasteiger partial charge in [0.25, 0.3) is 5.91 Å². The fraction of sp³-hybridized carbons (Fsp3) is 0.167. The van der Waals surface area contributed by atoms with Crippen molar-refractivity contribution in [3.05, 3.63) is 42.0 Å². The van der Waals surface area contributed by atoms with Gasteiger partial charge in [-0.25, -0.2) is 0 Å². The van der Waals surface area contributed by atoms with Gasteiger partial charge in [0.15, 0.2) is 0 Å². The van der Waals surface area contributed by atoms with Crippen LogP contribution in [0.2, 0.25) is 0 Å². The zero-order valence-corrected chi connectivity index (χ0v) is 9.31. The van der Waals surface area contributed by atoms with E-state index in [1.165, 1.54) is 17.9 Å². The molecule has 0 spiro atoms. The van der Waals surface area contributed by atoms with Gasteiger partial charge in [-0.2, -0.15) is 0 Å². The highest BCUT2D eigenvalue weighted by Gasteiger charge is 2.09. The number of amides is 2. The zero-order valence-electron chi connectivity index (χ0n) is 9.31. The Morgan fingerprint density at radius 2 is 1.81 bits per heavy atom. The van der Waals surface area contributed by atoms with Crippen molar-refractivity contribution in [3.63, 3.8) is 0 Å². The number of nitrogens with zero attached hydrogens (tertiary/aromatic N) is 1. The maximum atomic E-state index is 11.7. The van der Waals surface area contributed by atoms with Crippen molar-refractivity contribution in [1.82, 2.24) is 0 Å². The van der Waals surface area contributed by atoms with Crippen molar-refractivity contribution in [1.29, 1.82) is 0 Å². The summed E-state index contributed by atoms with van der Waals surface area (Å²) < 4.78 is 0. The van der Waals surface area contributed by atoms with E-state index in [4.69, 9.17) is 5.73 Å². The van der Waals surface area contributed by atoms with Gasteiger partial charge in [0.05, 0.1) is 0 Å².